The summed E-state index contributed by atoms with van der Waals surface area (Å²) in [5.74, 6) is 0. The van der Waals surface area contributed by atoms with Gasteiger partial charge in [0.05, 0.1) is 5.69 Å². The molecule has 0 saturated carbocycles. The third-order valence-corrected chi connectivity index (χ3v) is 2.57. The number of benzene rings is 1. The summed E-state index contributed by atoms with van der Waals surface area (Å²) < 4.78 is 1.42. The Morgan fingerprint density at radius 2 is 2.00 bits per heavy atom. The lowest BCUT2D eigenvalue weighted by atomic mass is 10.3. The van der Waals surface area contributed by atoms with Crippen LogP contribution >= 0.6 is 0 Å². The van der Waals surface area contributed by atoms with Crippen molar-refractivity contribution < 1.29 is 0 Å². The Morgan fingerprint density at radius 3 is 2.63 bits per heavy atom. The van der Waals surface area contributed by atoms with Crippen molar-refractivity contribution in [1.29, 1.82) is 0 Å². The standard InChI is InChI=1S/C14H16N4O/c1-10(2)16-8-12-13(15)14(19)18(9-17-12)11-6-4-3-5-7-11/h3-10H,15H2,1-2H3. The van der Waals surface area contributed by atoms with Crippen molar-refractivity contribution in [3.8, 4) is 5.69 Å². The smallest absolute Gasteiger partial charge is 0.281 e. The third-order valence-electron chi connectivity index (χ3n) is 2.57. The monoisotopic (exact) mass is 256 g/mol. The number of hydrogen-bond acceptors (Lipinski definition) is 4. The molecule has 0 aliphatic heterocycles. The molecular weight excluding hydrogens is 240 g/mol. The lowest BCUT2D eigenvalue weighted by Crippen LogP contribution is -2.24. The van der Waals surface area contributed by atoms with Crippen molar-refractivity contribution in [2.45, 2.75) is 19.9 Å². The molecule has 0 spiro atoms. The van der Waals surface area contributed by atoms with E-state index in [-0.39, 0.29) is 17.3 Å². The molecule has 19 heavy (non-hydrogen) atoms. The molecule has 0 saturated heterocycles. The summed E-state index contributed by atoms with van der Waals surface area (Å²) in [5.41, 5.74) is 6.78. The van der Waals surface area contributed by atoms with Gasteiger partial charge >= 0.3 is 0 Å². The number of aromatic nitrogens is 2. The molecule has 1 aromatic carbocycles. The molecule has 98 valence electrons. The molecule has 2 aromatic rings. The zero-order valence-corrected chi connectivity index (χ0v) is 10.9. The Hall–Kier alpha value is -2.43. The second kappa shape index (κ2) is 5.48. The summed E-state index contributed by atoms with van der Waals surface area (Å²) in [6, 6.07) is 9.37. The van der Waals surface area contributed by atoms with Crippen LogP contribution in [-0.2, 0) is 0 Å². The van der Waals surface area contributed by atoms with E-state index in [4.69, 9.17) is 5.73 Å². The van der Waals surface area contributed by atoms with E-state index in [0.717, 1.165) is 5.69 Å². The second-order valence-corrected chi connectivity index (χ2v) is 4.43. The number of anilines is 1. The van der Waals surface area contributed by atoms with Gasteiger partial charge in [-0.3, -0.25) is 14.4 Å². The molecule has 0 unspecified atom stereocenters. The Morgan fingerprint density at radius 1 is 1.32 bits per heavy atom. The number of para-hydroxylation sites is 1. The molecular formula is C14H16N4O. The van der Waals surface area contributed by atoms with Gasteiger partial charge in [0.25, 0.3) is 5.56 Å². The van der Waals surface area contributed by atoms with Gasteiger partial charge in [-0.05, 0) is 26.0 Å². The highest BCUT2D eigenvalue weighted by Crippen LogP contribution is 2.06. The molecule has 0 aliphatic carbocycles. The molecule has 5 heteroatoms. The molecule has 1 heterocycles. The average molecular weight is 256 g/mol. The first kappa shape index (κ1) is 13.0. The number of nitrogen functional groups attached to an aromatic ring is 1. The van der Waals surface area contributed by atoms with Gasteiger partial charge < -0.3 is 5.73 Å². The van der Waals surface area contributed by atoms with E-state index < -0.39 is 0 Å². The van der Waals surface area contributed by atoms with E-state index in [0.29, 0.717) is 5.69 Å². The Labute approximate surface area is 111 Å². The summed E-state index contributed by atoms with van der Waals surface area (Å²) >= 11 is 0. The first-order valence-corrected chi connectivity index (χ1v) is 6.05. The predicted molar refractivity (Wildman–Crippen MR) is 77.0 cm³/mol. The van der Waals surface area contributed by atoms with Crippen molar-refractivity contribution in [1.82, 2.24) is 9.55 Å². The molecule has 0 aliphatic rings. The summed E-state index contributed by atoms with van der Waals surface area (Å²) in [7, 11) is 0. The van der Waals surface area contributed by atoms with E-state index in [1.807, 2.05) is 44.2 Å². The van der Waals surface area contributed by atoms with Crippen molar-refractivity contribution in [3.05, 3.63) is 52.7 Å². The van der Waals surface area contributed by atoms with Crippen LogP contribution in [0.2, 0.25) is 0 Å². The van der Waals surface area contributed by atoms with Crippen LogP contribution in [-0.4, -0.2) is 21.8 Å². The van der Waals surface area contributed by atoms with Gasteiger partial charge in [-0.25, -0.2) is 4.98 Å². The van der Waals surface area contributed by atoms with Gasteiger partial charge in [-0.15, -0.1) is 0 Å². The SMILES string of the molecule is CC(C)N=Cc1ncn(-c2ccccc2)c(=O)c1N. The maximum Gasteiger partial charge on any atom is 0.281 e. The number of nitrogens with two attached hydrogens (primary N) is 1. The summed E-state index contributed by atoms with van der Waals surface area (Å²) in [5, 5.41) is 0. The van der Waals surface area contributed by atoms with Gasteiger partial charge in [0.15, 0.2) is 0 Å². The minimum Gasteiger partial charge on any atom is -0.392 e. The van der Waals surface area contributed by atoms with Crippen LogP contribution in [0.5, 0.6) is 0 Å². The largest absolute Gasteiger partial charge is 0.392 e. The molecule has 5 nitrogen and oxygen atoms in total. The molecule has 0 amide bonds. The van der Waals surface area contributed by atoms with Crippen molar-refractivity contribution in [2.24, 2.45) is 4.99 Å². The van der Waals surface area contributed by atoms with Crippen molar-refractivity contribution >= 4 is 11.9 Å². The van der Waals surface area contributed by atoms with Gasteiger partial charge in [0, 0.05) is 12.3 Å². The summed E-state index contributed by atoms with van der Waals surface area (Å²) in [4.78, 5) is 20.5. The third kappa shape index (κ3) is 2.88. The normalized spacial score (nSPS) is 11.3. The van der Waals surface area contributed by atoms with E-state index in [2.05, 4.69) is 9.98 Å². The number of rotatable bonds is 3. The molecule has 1 aromatic heterocycles. The zero-order valence-electron chi connectivity index (χ0n) is 10.9. The number of hydrogen-bond donors (Lipinski definition) is 1. The van der Waals surface area contributed by atoms with Crippen LogP contribution in [0.4, 0.5) is 5.69 Å². The summed E-state index contributed by atoms with van der Waals surface area (Å²) in [6.45, 7) is 3.88. The van der Waals surface area contributed by atoms with Crippen molar-refractivity contribution in [3.63, 3.8) is 0 Å². The average Bonchev–Trinajstić information content (AvgIpc) is 2.41. The highest BCUT2D eigenvalue weighted by Gasteiger charge is 2.07. The molecule has 0 fully saturated rings. The molecule has 2 N–H and O–H groups in total. The van der Waals surface area contributed by atoms with Gasteiger partial charge in [0.2, 0.25) is 0 Å². The Balaban J connectivity index is 2.47. The van der Waals surface area contributed by atoms with Gasteiger partial charge in [0.1, 0.15) is 17.7 Å². The van der Waals surface area contributed by atoms with Crippen molar-refractivity contribution in [2.75, 3.05) is 5.73 Å². The minimum absolute atomic E-state index is 0.107. The van der Waals surface area contributed by atoms with Crippen LogP contribution in [0.25, 0.3) is 5.69 Å². The van der Waals surface area contributed by atoms with Crippen LogP contribution in [0.15, 0.2) is 46.4 Å². The lowest BCUT2D eigenvalue weighted by Gasteiger charge is -2.07. The van der Waals surface area contributed by atoms with Crippen LogP contribution in [0, 0.1) is 0 Å². The quantitative estimate of drug-likeness (QED) is 0.848. The number of aliphatic imine (C=N–C) groups is 1. The minimum atomic E-state index is -0.286. The van der Waals surface area contributed by atoms with Gasteiger partial charge in [-0.2, -0.15) is 0 Å². The fourth-order valence-corrected chi connectivity index (χ4v) is 1.58. The van der Waals surface area contributed by atoms with E-state index in [1.165, 1.54) is 17.1 Å². The molecule has 0 radical (unpaired) electrons. The summed E-state index contributed by atoms with van der Waals surface area (Å²) in [6.07, 6.45) is 3.01. The van der Waals surface area contributed by atoms with Crippen LogP contribution in [0.3, 0.4) is 0 Å². The predicted octanol–water partition coefficient (Wildman–Crippen LogP) is 1.64. The molecule has 0 bridgehead atoms. The Bertz CT molecular complexity index is 644. The first-order valence-electron chi connectivity index (χ1n) is 6.05. The van der Waals surface area contributed by atoms with E-state index in [9.17, 15) is 4.79 Å². The number of nitrogens with zero attached hydrogens (tertiary/aromatic N) is 3. The molecule has 0 atom stereocenters. The maximum absolute atomic E-state index is 12.2. The van der Waals surface area contributed by atoms with Gasteiger partial charge in [-0.1, -0.05) is 18.2 Å². The molecule has 2 rings (SSSR count). The van der Waals surface area contributed by atoms with E-state index in [1.54, 1.807) is 0 Å². The topological polar surface area (TPSA) is 73.3 Å². The highest BCUT2D eigenvalue weighted by molar-refractivity contribution is 5.83. The highest BCUT2D eigenvalue weighted by atomic mass is 16.1. The maximum atomic E-state index is 12.2. The Kier molecular flexibility index (Phi) is 3.75. The van der Waals surface area contributed by atoms with Crippen LogP contribution < -0.4 is 11.3 Å². The first-order chi connectivity index (χ1) is 9.09. The second-order valence-electron chi connectivity index (χ2n) is 4.43. The fourth-order valence-electron chi connectivity index (χ4n) is 1.58. The lowest BCUT2D eigenvalue weighted by molar-refractivity contribution is 0.839. The fraction of sp³-hybridized carbons (Fsp3) is 0.214. The van der Waals surface area contributed by atoms with E-state index >= 15 is 0 Å². The van der Waals surface area contributed by atoms with Crippen LogP contribution in [0.1, 0.15) is 19.5 Å². The zero-order chi connectivity index (χ0) is 13.8.